The maximum Gasteiger partial charge on any atom is 0.410 e. The van der Waals surface area contributed by atoms with Gasteiger partial charge in [0.1, 0.15) is 6.17 Å². The average molecular weight is 221 g/mol. The van der Waals surface area contributed by atoms with Crippen molar-refractivity contribution in [3.8, 4) is 0 Å². The molecule has 0 aromatic carbocycles. The molecule has 88 valence electrons. The highest BCUT2D eigenvalue weighted by molar-refractivity contribution is 5.70. The van der Waals surface area contributed by atoms with Gasteiger partial charge in [-0.1, -0.05) is 6.92 Å². The summed E-state index contributed by atoms with van der Waals surface area (Å²) in [4.78, 5) is 21.6. The van der Waals surface area contributed by atoms with Gasteiger partial charge in [0.2, 0.25) is 6.79 Å². The minimum atomic E-state index is -1.14. The maximum absolute atomic E-state index is 12.3. The first-order valence-corrected chi connectivity index (χ1v) is 4.76. The number of alkyl carbamates (subject to hydrolysis) is 1. The highest BCUT2D eigenvalue weighted by Gasteiger charge is 2.06. The van der Waals surface area contributed by atoms with Crippen LogP contribution in [0.1, 0.15) is 26.7 Å². The molecule has 0 aromatic rings. The van der Waals surface area contributed by atoms with Gasteiger partial charge in [0.15, 0.2) is 0 Å². The van der Waals surface area contributed by atoms with E-state index in [0.717, 1.165) is 0 Å². The SMILES string of the molecule is CCCC(=O)OCOC(=O)NC[C@H](C)F. The van der Waals surface area contributed by atoms with Gasteiger partial charge in [0.25, 0.3) is 0 Å². The Bertz CT molecular complexity index is 208. The summed E-state index contributed by atoms with van der Waals surface area (Å²) < 4.78 is 21.3. The third-order valence-corrected chi connectivity index (χ3v) is 1.39. The van der Waals surface area contributed by atoms with E-state index in [4.69, 9.17) is 0 Å². The predicted molar refractivity (Wildman–Crippen MR) is 50.9 cm³/mol. The van der Waals surface area contributed by atoms with Gasteiger partial charge in [-0.25, -0.2) is 9.18 Å². The topological polar surface area (TPSA) is 64.6 Å². The van der Waals surface area contributed by atoms with E-state index in [-0.39, 0.29) is 13.0 Å². The van der Waals surface area contributed by atoms with E-state index in [1.807, 2.05) is 6.92 Å². The zero-order valence-corrected chi connectivity index (χ0v) is 8.92. The largest absolute Gasteiger partial charge is 0.428 e. The molecule has 0 heterocycles. The molecule has 0 aromatic heterocycles. The number of hydrogen-bond acceptors (Lipinski definition) is 4. The van der Waals surface area contributed by atoms with E-state index in [1.54, 1.807) is 0 Å². The van der Waals surface area contributed by atoms with Gasteiger partial charge in [0, 0.05) is 6.42 Å². The van der Waals surface area contributed by atoms with Crippen LogP contribution in [0.5, 0.6) is 0 Å². The third-order valence-electron chi connectivity index (χ3n) is 1.39. The monoisotopic (exact) mass is 221 g/mol. The van der Waals surface area contributed by atoms with Crippen molar-refractivity contribution in [1.82, 2.24) is 5.32 Å². The number of ether oxygens (including phenoxy) is 2. The summed E-state index contributed by atoms with van der Waals surface area (Å²) in [7, 11) is 0. The van der Waals surface area contributed by atoms with Crippen LogP contribution in [0, 0.1) is 0 Å². The lowest BCUT2D eigenvalue weighted by molar-refractivity contribution is -0.151. The van der Waals surface area contributed by atoms with Crippen molar-refractivity contribution in [1.29, 1.82) is 0 Å². The highest BCUT2D eigenvalue weighted by atomic mass is 19.1. The van der Waals surface area contributed by atoms with E-state index < -0.39 is 25.0 Å². The van der Waals surface area contributed by atoms with Gasteiger partial charge in [-0.2, -0.15) is 0 Å². The van der Waals surface area contributed by atoms with Gasteiger partial charge < -0.3 is 14.8 Å². The van der Waals surface area contributed by atoms with Gasteiger partial charge in [-0.15, -0.1) is 0 Å². The molecule has 0 radical (unpaired) electrons. The predicted octanol–water partition coefficient (Wildman–Crippen LogP) is 1.37. The lowest BCUT2D eigenvalue weighted by Gasteiger charge is -2.07. The van der Waals surface area contributed by atoms with Crippen LogP contribution in [-0.2, 0) is 14.3 Å². The Balaban J connectivity index is 3.42. The van der Waals surface area contributed by atoms with Crippen LogP contribution in [0.3, 0.4) is 0 Å². The first-order chi connectivity index (χ1) is 7.06. The van der Waals surface area contributed by atoms with Crippen molar-refractivity contribution in [2.24, 2.45) is 0 Å². The van der Waals surface area contributed by atoms with Crippen molar-refractivity contribution in [3.63, 3.8) is 0 Å². The summed E-state index contributed by atoms with van der Waals surface area (Å²) in [6.07, 6.45) is -0.986. The van der Waals surface area contributed by atoms with Gasteiger partial charge in [0.05, 0.1) is 6.54 Å². The number of hydrogen-bond donors (Lipinski definition) is 1. The minimum Gasteiger partial charge on any atom is -0.428 e. The highest BCUT2D eigenvalue weighted by Crippen LogP contribution is 1.92. The van der Waals surface area contributed by atoms with Gasteiger partial charge in [-0.05, 0) is 13.3 Å². The number of rotatable bonds is 6. The van der Waals surface area contributed by atoms with Crippen molar-refractivity contribution in [3.05, 3.63) is 0 Å². The lowest BCUT2D eigenvalue weighted by Crippen LogP contribution is -2.30. The fourth-order valence-electron chi connectivity index (χ4n) is 0.700. The van der Waals surface area contributed by atoms with Crippen LogP contribution in [0.25, 0.3) is 0 Å². The van der Waals surface area contributed by atoms with Crippen LogP contribution in [0.2, 0.25) is 0 Å². The van der Waals surface area contributed by atoms with E-state index in [9.17, 15) is 14.0 Å². The van der Waals surface area contributed by atoms with E-state index in [0.29, 0.717) is 6.42 Å². The molecular weight excluding hydrogens is 205 g/mol. The Hall–Kier alpha value is -1.33. The molecule has 0 aliphatic heterocycles. The van der Waals surface area contributed by atoms with Crippen LogP contribution < -0.4 is 5.32 Å². The normalized spacial score (nSPS) is 11.7. The van der Waals surface area contributed by atoms with Crippen molar-refractivity contribution in [2.45, 2.75) is 32.9 Å². The van der Waals surface area contributed by atoms with Gasteiger partial charge in [-0.3, -0.25) is 4.79 Å². The number of halogens is 1. The number of carbonyl (C=O) groups excluding carboxylic acids is 2. The molecule has 0 saturated carbocycles. The van der Waals surface area contributed by atoms with Crippen molar-refractivity contribution in [2.75, 3.05) is 13.3 Å². The van der Waals surface area contributed by atoms with Gasteiger partial charge >= 0.3 is 12.1 Å². The Morgan fingerprint density at radius 2 is 2.07 bits per heavy atom. The fourth-order valence-corrected chi connectivity index (χ4v) is 0.700. The summed E-state index contributed by atoms with van der Waals surface area (Å²) in [5.41, 5.74) is 0. The summed E-state index contributed by atoms with van der Waals surface area (Å²) >= 11 is 0. The zero-order chi connectivity index (χ0) is 11.7. The van der Waals surface area contributed by atoms with Crippen molar-refractivity contribution >= 4 is 12.1 Å². The summed E-state index contributed by atoms with van der Waals surface area (Å²) in [6.45, 7) is 2.58. The molecule has 1 amide bonds. The molecule has 0 saturated heterocycles. The molecular formula is C9H16FNO4. The average Bonchev–Trinajstić information content (AvgIpc) is 2.15. The van der Waals surface area contributed by atoms with Crippen molar-refractivity contribution < 1.29 is 23.5 Å². The molecule has 6 heteroatoms. The summed E-state index contributed by atoms with van der Waals surface area (Å²) in [6, 6.07) is 0. The van der Waals surface area contributed by atoms with Crippen LogP contribution >= 0.6 is 0 Å². The van der Waals surface area contributed by atoms with E-state index in [2.05, 4.69) is 14.8 Å². The lowest BCUT2D eigenvalue weighted by atomic mass is 10.3. The van der Waals surface area contributed by atoms with Crippen LogP contribution in [0.4, 0.5) is 9.18 Å². The molecule has 0 aliphatic carbocycles. The molecule has 0 aliphatic rings. The Morgan fingerprint density at radius 3 is 2.60 bits per heavy atom. The second kappa shape index (κ2) is 8.02. The molecule has 15 heavy (non-hydrogen) atoms. The van der Waals surface area contributed by atoms with Crippen LogP contribution in [0.15, 0.2) is 0 Å². The Morgan fingerprint density at radius 1 is 1.40 bits per heavy atom. The van der Waals surface area contributed by atoms with E-state index >= 15 is 0 Å². The Kier molecular flexibility index (Phi) is 7.31. The molecule has 0 unspecified atom stereocenters. The number of alkyl halides is 1. The number of nitrogens with one attached hydrogen (secondary N) is 1. The molecule has 0 bridgehead atoms. The molecule has 1 N–H and O–H groups in total. The number of esters is 1. The first-order valence-electron chi connectivity index (χ1n) is 4.76. The molecule has 5 nitrogen and oxygen atoms in total. The zero-order valence-electron chi connectivity index (χ0n) is 8.92. The molecule has 0 fully saturated rings. The quantitative estimate of drug-likeness (QED) is 0.543. The molecule has 0 spiro atoms. The van der Waals surface area contributed by atoms with Crippen LogP contribution in [-0.4, -0.2) is 31.6 Å². The maximum atomic E-state index is 12.3. The standard InChI is InChI=1S/C9H16FNO4/c1-3-4-8(12)14-6-15-9(13)11-5-7(2)10/h7H,3-6H2,1-2H3,(H,11,13)/t7-/m0/s1. The number of amides is 1. The second-order valence-corrected chi connectivity index (χ2v) is 2.98. The first kappa shape index (κ1) is 13.7. The van der Waals surface area contributed by atoms with E-state index in [1.165, 1.54) is 6.92 Å². The molecule has 1 atom stereocenters. The third kappa shape index (κ3) is 8.99. The second-order valence-electron chi connectivity index (χ2n) is 2.98. The summed E-state index contributed by atoms with van der Waals surface area (Å²) in [5.74, 6) is -0.427. The number of carbonyl (C=O) groups is 2. The Labute approximate surface area is 87.9 Å². The summed E-state index contributed by atoms with van der Waals surface area (Å²) in [5, 5.41) is 2.16. The fraction of sp³-hybridized carbons (Fsp3) is 0.778. The molecule has 0 rings (SSSR count). The minimum absolute atomic E-state index is 0.123. The smallest absolute Gasteiger partial charge is 0.410 e.